The molecule has 0 spiro atoms. The first-order valence-electron chi connectivity index (χ1n) is 8.34. The smallest absolute Gasteiger partial charge is 0.272 e. The Morgan fingerprint density at radius 3 is 2.70 bits per heavy atom. The molecule has 0 saturated heterocycles. The fourth-order valence-corrected chi connectivity index (χ4v) is 3.71. The molecule has 3 aromatic rings. The van der Waals surface area contributed by atoms with Gasteiger partial charge in [0.05, 0.1) is 24.4 Å². The van der Waals surface area contributed by atoms with Crippen LogP contribution in [0.15, 0.2) is 66.2 Å². The highest BCUT2D eigenvalue weighted by Gasteiger charge is 2.06. The van der Waals surface area contributed by atoms with Crippen LogP contribution in [-0.2, 0) is 11.3 Å². The fraction of sp³-hybridized carbons (Fsp3) is 0.143. The summed E-state index contributed by atoms with van der Waals surface area (Å²) in [5.41, 5.74) is 1.87. The van der Waals surface area contributed by atoms with Gasteiger partial charge in [0.15, 0.2) is 16.3 Å². The third-order valence-corrected chi connectivity index (χ3v) is 4.99. The molecule has 0 aliphatic rings. The lowest BCUT2D eigenvalue weighted by Crippen LogP contribution is -2.15. The largest absolute Gasteiger partial charge is 0.493 e. The van der Waals surface area contributed by atoms with Gasteiger partial charge in [-0.3, -0.25) is 4.79 Å². The predicted octanol–water partition coefficient (Wildman–Crippen LogP) is 4.05. The standard InChI is InChI=1S/C21H20N2O3S/c1-4-13-23-16-7-5-6-8-19(16)27-21(23)22-20(24)12-10-15-9-11-17(25-2)18(14-15)26-3/h4-12,14H,1,13H2,2-3H3/b12-10-,22-21?. The molecular weight excluding hydrogens is 360 g/mol. The van der Waals surface area contributed by atoms with Crippen molar-refractivity contribution in [3.8, 4) is 11.5 Å². The van der Waals surface area contributed by atoms with Crippen LogP contribution >= 0.6 is 11.3 Å². The Balaban J connectivity index is 1.91. The first kappa shape index (κ1) is 18.7. The number of para-hydroxylation sites is 1. The number of amides is 1. The first-order chi connectivity index (χ1) is 13.2. The van der Waals surface area contributed by atoms with Crippen LogP contribution in [0.25, 0.3) is 16.3 Å². The average molecular weight is 380 g/mol. The number of ether oxygens (including phenoxy) is 2. The van der Waals surface area contributed by atoms with E-state index in [-0.39, 0.29) is 5.91 Å². The number of nitrogens with zero attached hydrogens (tertiary/aromatic N) is 2. The zero-order valence-corrected chi connectivity index (χ0v) is 16.0. The summed E-state index contributed by atoms with van der Waals surface area (Å²) in [6.07, 6.45) is 4.95. The van der Waals surface area contributed by atoms with E-state index in [1.807, 2.05) is 34.9 Å². The number of benzene rings is 2. The average Bonchev–Trinajstić information content (AvgIpc) is 3.03. The number of carbonyl (C=O) groups excluding carboxylic acids is 1. The lowest BCUT2D eigenvalue weighted by molar-refractivity contribution is -0.113. The van der Waals surface area contributed by atoms with Gasteiger partial charge >= 0.3 is 0 Å². The summed E-state index contributed by atoms with van der Waals surface area (Å²) < 4.78 is 13.6. The number of carbonyl (C=O) groups is 1. The van der Waals surface area contributed by atoms with Crippen LogP contribution in [0.4, 0.5) is 0 Å². The zero-order valence-electron chi connectivity index (χ0n) is 15.2. The maximum Gasteiger partial charge on any atom is 0.272 e. The molecule has 0 radical (unpaired) electrons. The molecule has 0 unspecified atom stereocenters. The lowest BCUT2D eigenvalue weighted by Gasteiger charge is -2.07. The molecule has 6 heteroatoms. The highest BCUT2D eigenvalue weighted by molar-refractivity contribution is 7.16. The second-order valence-electron chi connectivity index (χ2n) is 5.65. The minimum atomic E-state index is -0.325. The van der Waals surface area contributed by atoms with Gasteiger partial charge in [-0.1, -0.05) is 35.6 Å². The van der Waals surface area contributed by atoms with Crippen LogP contribution in [0, 0.1) is 0 Å². The van der Waals surface area contributed by atoms with Crippen molar-refractivity contribution in [2.24, 2.45) is 4.99 Å². The van der Waals surface area contributed by atoms with E-state index in [4.69, 9.17) is 9.47 Å². The highest BCUT2D eigenvalue weighted by Crippen LogP contribution is 2.28. The molecule has 0 fully saturated rings. The number of hydrogen-bond acceptors (Lipinski definition) is 4. The van der Waals surface area contributed by atoms with Crippen molar-refractivity contribution in [2.45, 2.75) is 6.54 Å². The van der Waals surface area contributed by atoms with E-state index in [1.165, 1.54) is 17.4 Å². The summed E-state index contributed by atoms with van der Waals surface area (Å²) in [5, 5.41) is 0. The van der Waals surface area contributed by atoms with E-state index in [0.29, 0.717) is 22.8 Å². The second-order valence-corrected chi connectivity index (χ2v) is 6.66. The maximum absolute atomic E-state index is 12.4. The zero-order chi connectivity index (χ0) is 19.2. The molecule has 0 atom stereocenters. The van der Waals surface area contributed by atoms with Gasteiger partial charge in [0.2, 0.25) is 0 Å². The van der Waals surface area contributed by atoms with Crippen LogP contribution in [0.3, 0.4) is 0 Å². The Bertz CT molecular complexity index is 1080. The van der Waals surface area contributed by atoms with Gasteiger partial charge in [0.1, 0.15) is 0 Å². The Kier molecular flexibility index (Phi) is 5.88. The number of methoxy groups -OCH3 is 2. The Morgan fingerprint density at radius 2 is 1.96 bits per heavy atom. The number of rotatable bonds is 6. The van der Waals surface area contributed by atoms with Crippen LogP contribution < -0.4 is 14.3 Å². The van der Waals surface area contributed by atoms with Crippen LogP contribution in [-0.4, -0.2) is 24.7 Å². The van der Waals surface area contributed by atoms with Crippen molar-refractivity contribution in [1.82, 2.24) is 4.57 Å². The molecule has 138 valence electrons. The molecule has 5 nitrogen and oxygen atoms in total. The molecule has 2 aromatic carbocycles. The number of fused-ring (bicyclic) bond motifs is 1. The third kappa shape index (κ3) is 4.17. The first-order valence-corrected chi connectivity index (χ1v) is 9.16. The predicted molar refractivity (Wildman–Crippen MR) is 109 cm³/mol. The van der Waals surface area contributed by atoms with Crippen molar-refractivity contribution in [1.29, 1.82) is 0 Å². The van der Waals surface area contributed by atoms with E-state index in [1.54, 1.807) is 38.5 Å². The Morgan fingerprint density at radius 1 is 1.19 bits per heavy atom. The molecule has 1 amide bonds. The molecule has 1 aromatic heterocycles. The monoisotopic (exact) mass is 380 g/mol. The Labute approximate surface area is 161 Å². The quantitative estimate of drug-likeness (QED) is 0.479. The van der Waals surface area contributed by atoms with Crippen LogP contribution in [0.5, 0.6) is 11.5 Å². The van der Waals surface area contributed by atoms with Crippen molar-refractivity contribution >= 4 is 33.5 Å². The number of hydrogen-bond donors (Lipinski definition) is 0. The molecular formula is C21H20N2O3S. The number of allylic oxidation sites excluding steroid dienone is 1. The molecule has 0 N–H and O–H groups in total. The van der Waals surface area contributed by atoms with Crippen molar-refractivity contribution in [2.75, 3.05) is 14.2 Å². The van der Waals surface area contributed by atoms with Crippen LogP contribution in [0.2, 0.25) is 0 Å². The van der Waals surface area contributed by atoms with Gasteiger partial charge in [0, 0.05) is 12.6 Å². The number of aromatic nitrogens is 1. The summed E-state index contributed by atoms with van der Waals surface area (Å²) in [7, 11) is 3.16. The third-order valence-electron chi connectivity index (χ3n) is 3.93. The number of thiazole rings is 1. The maximum atomic E-state index is 12.4. The fourth-order valence-electron chi connectivity index (χ4n) is 2.67. The van der Waals surface area contributed by atoms with Gasteiger partial charge in [-0.15, -0.1) is 6.58 Å². The summed E-state index contributed by atoms with van der Waals surface area (Å²) in [6.45, 7) is 4.38. The van der Waals surface area contributed by atoms with Crippen molar-refractivity contribution < 1.29 is 14.3 Å². The van der Waals surface area contributed by atoms with Crippen molar-refractivity contribution in [3.05, 3.63) is 71.6 Å². The molecule has 27 heavy (non-hydrogen) atoms. The van der Waals surface area contributed by atoms with Gasteiger partial charge in [-0.2, -0.15) is 4.99 Å². The molecule has 0 aliphatic heterocycles. The van der Waals surface area contributed by atoms with E-state index in [0.717, 1.165) is 15.8 Å². The molecule has 0 bridgehead atoms. The second kappa shape index (κ2) is 8.51. The van der Waals surface area contributed by atoms with E-state index >= 15 is 0 Å². The van der Waals surface area contributed by atoms with E-state index < -0.39 is 0 Å². The van der Waals surface area contributed by atoms with Gasteiger partial charge in [0.25, 0.3) is 5.91 Å². The minimum Gasteiger partial charge on any atom is -0.493 e. The van der Waals surface area contributed by atoms with Gasteiger partial charge in [-0.25, -0.2) is 0 Å². The van der Waals surface area contributed by atoms with Crippen molar-refractivity contribution in [3.63, 3.8) is 0 Å². The Hall–Kier alpha value is -3.12. The summed E-state index contributed by atoms with van der Waals surface area (Å²) in [5.74, 6) is 0.924. The van der Waals surface area contributed by atoms with Gasteiger partial charge in [-0.05, 0) is 35.9 Å². The molecule has 1 heterocycles. The summed E-state index contributed by atoms with van der Waals surface area (Å²) >= 11 is 1.48. The summed E-state index contributed by atoms with van der Waals surface area (Å²) in [4.78, 5) is 17.3. The lowest BCUT2D eigenvalue weighted by atomic mass is 10.2. The van der Waals surface area contributed by atoms with Crippen LogP contribution in [0.1, 0.15) is 5.56 Å². The SMILES string of the molecule is C=CCn1c(=NC(=O)/C=C\c2ccc(OC)c(OC)c2)sc2ccccc21. The minimum absolute atomic E-state index is 0.325. The normalized spacial score (nSPS) is 11.9. The molecule has 3 rings (SSSR count). The van der Waals surface area contributed by atoms with Gasteiger partial charge < -0.3 is 14.0 Å². The van der Waals surface area contributed by atoms with E-state index in [2.05, 4.69) is 11.6 Å². The highest BCUT2D eigenvalue weighted by atomic mass is 32.1. The molecule has 0 aliphatic carbocycles. The topological polar surface area (TPSA) is 52.8 Å². The molecule has 0 saturated carbocycles. The van der Waals surface area contributed by atoms with E-state index in [9.17, 15) is 4.79 Å². The summed E-state index contributed by atoms with van der Waals surface area (Å²) in [6, 6.07) is 13.4.